The summed E-state index contributed by atoms with van der Waals surface area (Å²) in [5, 5.41) is 12.4. The van der Waals surface area contributed by atoms with Gasteiger partial charge in [0.1, 0.15) is 23.2 Å². The van der Waals surface area contributed by atoms with E-state index in [0.717, 1.165) is 43.8 Å². The number of aromatic nitrogens is 3. The molecule has 3 aliphatic heterocycles. The van der Waals surface area contributed by atoms with Crippen LogP contribution >= 0.6 is 0 Å². The van der Waals surface area contributed by atoms with E-state index in [-0.39, 0.29) is 59.6 Å². The largest absolute Gasteiger partial charge is 0.374 e. The first-order chi connectivity index (χ1) is 24.5. The lowest BCUT2D eigenvalue weighted by molar-refractivity contribution is -0.135. The fraction of sp³-hybridized carbons (Fsp3) is 0.389. The first-order valence-corrected chi connectivity index (χ1v) is 17.1. The number of pyridine rings is 1. The number of piperazine rings is 1. The molecule has 1 atom stereocenters. The molecule has 1 unspecified atom stereocenters. The molecule has 3 fully saturated rings. The smallest absolute Gasteiger partial charge is 0.276 e. The summed E-state index contributed by atoms with van der Waals surface area (Å²) < 4.78 is 32.0. The van der Waals surface area contributed by atoms with Crippen LogP contribution in [0.15, 0.2) is 53.6 Å². The minimum atomic E-state index is -0.886. The van der Waals surface area contributed by atoms with Gasteiger partial charge < -0.3 is 19.7 Å². The average molecular weight is 701 g/mol. The molecule has 13 nitrogen and oxygen atoms in total. The highest BCUT2D eigenvalue weighted by atomic mass is 19.1. The van der Waals surface area contributed by atoms with Crippen LogP contribution < -0.4 is 16.2 Å². The van der Waals surface area contributed by atoms with Gasteiger partial charge in [0.05, 0.1) is 18.3 Å². The Balaban J connectivity index is 0.892. The number of piperidine rings is 2. The zero-order chi connectivity index (χ0) is 35.8. The number of aryl methyl sites for hydroxylation is 1. The van der Waals surface area contributed by atoms with Crippen LogP contribution in [0.2, 0.25) is 0 Å². The zero-order valence-electron chi connectivity index (χ0n) is 28.1. The van der Waals surface area contributed by atoms with Gasteiger partial charge in [0.2, 0.25) is 17.7 Å². The summed E-state index contributed by atoms with van der Waals surface area (Å²) in [6, 6.07) is 9.44. The molecule has 5 heterocycles. The number of rotatable bonds is 7. The minimum Gasteiger partial charge on any atom is -0.374 e. The Bertz CT molecular complexity index is 2060. The summed E-state index contributed by atoms with van der Waals surface area (Å²) >= 11 is 0. The van der Waals surface area contributed by atoms with Crippen LogP contribution in [0.25, 0.3) is 22.0 Å². The molecule has 51 heavy (non-hydrogen) atoms. The first kappa shape index (κ1) is 34.0. The van der Waals surface area contributed by atoms with E-state index < -0.39 is 29.1 Å². The maximum atomic E-state index is 15.4. The normalized spacial score (nSPS) is 19.0. The number of amides is 4. The second-order valence-electron chi connectivity index (χ2n) is 13.4. The van der Waals surface area contributed by atoms with E-state index in [9.17, 15) is 24.0 Å². The Morgan fingerprint density at radius 2 is 1.61 bits per heavy atom. The van der Waals surface area contributed by atoms with Crippen molar-refractivity contribution in [3.8, 4) is 11.1 Å². The van der Waals surface area contributed by atoms with Crippen molar-refractivity contribution in [1.82, 2.24) is 34.8 Å². The highest BCUT2D eigenvalue weighted by Gasteiger charge is 2.30. The molecule has 266 valence electrons. The average Bonchev–Trinajstić information content (AvgIpc) is 3.63. The van der Waals surface area contributed by atoms with Crippen LogP contribution in [0.4, 0.5) is 14.5 Å². The molecule has 0 saturated carbocycles. The number of carbonyl (C=O) groups excluding carboxylic acids is 4. The Morgan fingerprint density at radius 1 is 0.902 bits per heavy atom. The van der Waals surface area contributed by atoms with Crippen LogP contribution in [0, 0.1) is 11.6 Å². The van der Waals surface area contributed by atoms with Crippen molar-refractivity contribution in [3.05, 3.63) is 81.9 Å². The molecule has 4 amide bonds. The maximum Gasteiger partial charge on any atom is 0.276 e. The summed E-state index contributed by atoms with van der Waals surface area (Å²) in [5.41, 5.74) is 1.60. The van der Waals surface area contributed by atoms with Gasteiger partial charge in [0.25, 0.3) is 11.5 Å². The molecule has 0 bridgehead atoms. The minimum absolute atomic E-state index is 0.0335. The van der Waals surface area contributed by atoms with E-state index in [4.69, 9.17) is 0 Å². The molecule has 0 radical (unpaired) electrons. The quantitative estimate of drug-likeness (QED) is 0.249. The Hall–Kier alpha value is -5.44. The Kier molecular flexibility index (Phi) is 9.38. The summed E-state index contributed by atoms with van der Waals surface area (Å²) in [6.07, 6.45) is 5.35. The fourth-order valence-corrected chi connectivity index (χ4v) is 7.21. The molecule has 2 aromatic carbocycles. The van der Waals surface area contributed by atoms with Crippen molar-refractivity contribution in [2.75, 3.05) is 51.1 Å². The number of nitrogens with zero attached hydrogens (tertiary/aromatic N) is 5. The summed E-state index contributed by atoms with van der Waals surface area (Å²) in [7, 11) is 1.50. The number of nitrogens with one attached hydrogen (secondary N) is 3. The number of aromatic amines is 1. The third-order valence-electron chi connectivity index (χ3n) is 10.2. The van der Waals surface area contributed by atoms with Gasteiger partial charge >= 0.3 is 0 Å². The summed E-state index contributed by atoms with van der Waals surface area (Å²) in [5.74, 6) is -2.58. The van der Waals surface area contributed by atoms with Gasteiger partial charge in [0.15, 0.2) is 0 Å². The van der Waals surface area contributed by atoms with Gasteiger partial charge in [0, 0.05) is 68.0 Å². The first-order valence-electron chi connectivity index (χ1n) is 17.1. The molecule has 0 aliphatic carbocycles. The van der Waals surface area contributed by atoms with Gasteiger partial charge in [-0.15, -0.1) is 0 Å². The van der Waals surface area contributed by atoms with E-state index in [2.05, 4.69) is 37.9 Å². The van der Waals surface area contributed by atoms with Crippen molar-refractivity contribution >= 4 is 40.2 Å². The maximum absolute atomic E-state index is 15.4. The van der Waals surface area contributed by atoms with Gasteiger partial charge in [-0.05, 0) is 68.1 Å². The molecule has 2 aromatic heterocycles. The number of fused-ring (bicyclic) bond motifs is 1. The summed E-state index contributed by atoms with van der Waals surface area (Å²) in [4.78, 5) is 67.6. The lowest BCUT2D eigenvalue weighted by Crippen LogP contribution is -2.53. The van der Waals surface area contributed by atoms with E-state index in [1.54, 1.807) is 4.90 Å². The number of carbonyl (C=O) groups is 4. The number of hydrogen-bond donors (Lipinski definition) is 3. The molecular weight excluding hydrogens is 662 g/mol. The third-order valence-corrected chi connectivity index (χ3v) is 10.2. The number of imide groups is 1. The molecular formula is C36H38F2N8O5. The zero-order valence-corrected chi connectivity index (χ0v) is 28.1. The second-order valence-corrected chi connectivity index (χ2v) is 13.4. The lowest BCUT2D eigenvalue weighted by atomic mass is 9.89. The summed E-state index contributed by atoms with van der Waals surface area (Å²) in [6.45, 7) is 2.76. The van der Waals surface area contributed by atoms with E-state index in [0.29, 0.717) is 37.2 Å². The van der Waals surface area contributed by atoms with Gasteiger partial charge in [-0.25, -0.2) is 8.78 Å². The van der Waals surface area contributed by atoms with Crippen molar-refractivity contribution in [2.24, 2.45) is 7.05 Å². The van der Waals surface area contributed by atoms with Crippen molar-refractivity contribution < 1.29 is 28.0 Å². The molecule has 15 heteroatoms. The standard InChI is InChI=1S/C36H38F2N8O5/c1-43-19-27(26-18-39-42-33(26)36(43)51)24-16-29(38)25(17-28(24)37)35(50)46-14-12-45(13-15-46)32(48)20-44-10-8-22(9-11-44)21-2-4-23(5-3-21)40-30-6-7-31(47)41-34(30)49/h2-5,16-19,22,30,40H,6-15,20H2,1H3,(H,39,42)(H,41,47,49). The number of hydrogen-bond acceptors (Lipinski definition) is 8. The van der Waals surface area contributed by atoms with Gasteiger partial charge in [-0.3, -0.25) is 39.3 Å². The van der Waals surface area contributed by atoms with Crippen LogP contribution in [0.5, 0.6) is 0 Å². The van der Waals surface area contributed by atoms with E-state index in [1.165, 1.54) is 34.5 Å². The van der Waals surface area contributed by atoms with Crippen molar-refractivity contribution in [2.45, 2.75) is 37.6 Å². The van der Waals surface area contributed by atoms with Crippen molar-refractivity contribution in [1.29, 1.82) is 0 Å². The molecule has 3 N–H and O–H groups in total. The third kappa shape index (κ3) is 6.98. The van der Waals surface area contributed by atoms with Crippen LogP contribution in [-0.2, 0) is 21.4 Å². The number of halogens is 2. The predicted molar refractivity (Wildman–Crippen MR) is 184 cm³/mol. The Labute approximate surface area is 291 Å². The SMILES string of the molecule is Cn1cc(-c2cc(F)c(C(=O)N3CCN(C(=O)CN4CCC(c5ccc(NC6CCC(=O)NC6=O)cc5)CC4)CC3)cc2F)c2cn[nH]c2c1=O. The molecule has 4 aromatic rings. The highest BCUT2D eigenvalue weighted by molar-refractivity contribution is 6.01. The van der Waals surface area contributed by atoms with Gasteiger partial charge in [-0.1, -0.05) is 12.1 Å². The van der Waals surface area contributed by atoms with Crippen LogP contribution in [0.1, 0.15) is 47.5 Å². The van der Waals surface area contributed by atoms with Crippen molar-refractivity contribution in [3.63, 3.8) is 0 Å². The number of H-pyrrole nitrogens is 1. The molecule has 0 spiro atoms. The topological polar surface area (TPSA) is 153 Å². The number of benzene rings is 2. The predicted octanol–water partition coefficient (Wildman–Crippen LogP) is 2.59. The fourth-order valence-electron chi connectivity index (χ4n) is 7.21. The molecule has 7 rings (SSSR count). The van der Waals surface area contributed by atoms with Crippen LogP contribution in [-0.4, -0.2) is 105 Å². The number of anilines is 1. The van der Waals surface area contributed by atoms with E-state index >= 15 is 8.78 Å². The monoisotopic (exact) mass is 700 g/mol. The number of likely N-dealkylation sites (tertiary alicyclic amines) is 1. The van der Waals surface area contributed by atoms with Gasteiger partial charge in [-0.2, -0.15) is 5.10 Å². The molecule has 3 aliphatic rings. The lowest BCUT2D eigenvalue weighted by Gasteiger charge is -2.37. The van der Waals surface area contributed by atoms with E-state index in [1.807, 2.05) is 12.1 Å². The highest BCUT2D eigenvalue weighted by Crippen LogP contribution is 2.31. The molecule has 3 saturated heterocycles. The van der Waals surface area contributed by atoms with Crippen LogP contribution in [0.3, 0.4) is 0 Å². The second kappa shape index (κ2) is 14.1. The Morgan fingerprint density at radius 3 is 2.31 bits per heavy atom.